The van der Waals surface area contributed by atoms with Crippen molar-refractivity contribution in [2.24, 2.45) is 17.8 Å². The molecule has 2 aliphatic carbocycles. The Kier molecular flexibility index (Phi) is 2.97. The predicted molar refractivity (Wildman–Crippen MR) is 67.0 cm³/mol. The van der Waals surface area contributed by atoms with Crippen LogP contribution in [0.25, 0.3) is 0 Å². The van der Waals surface area contributed by atoms with Crippen molar-refractivity contribution in [2.75, 3.05) is 0 Å². The zero-order valence-corrected chi connectivity index (χ0v) is 11.1. The van der Waals surface area contributed by atoms with Gasteiger partial charge >= 0.3 is 0 Å². The smallest absolute Gasteiger partial charge is 0.159 e. The van der Waals surface area contributed by atoms with Gasteiger partial charge in [0.2, 0.25) is 0 Å². The summed E-state index contributed by atoms with van der Waals surface area (Å²) in [5, 5.41) is 0. The molecule has 4 unspecified atom stereocenters. The lowest BCUT2D eigenvalue weighted by Gasteiger charge is -2.26. The highest BCUT2D eigenvalue weighted by Crippen LogP contribution is 2.54. The molecule has 0 spiro atoms. The van der Waals surface area contributed by atoms with Crippen molar-refractivity contribution in [1.82, 2.24) is 0 Å². The normalized spacial score (nSPS) is 33.0. The molecule has 17 heavy (non-hydrogen) atoms. The maximum absolute atomic E-state index is 13.2. The van der Waals surface area contributed by atoms with Gasteiger partial charge in [-0.05, 0) is 54.7 Å². The van der Waals surface area contributed by atoms with Gasteiger partial charge < -0.3 is 0 Å². The third-order valence-electron chi connectivity index (χ3n) is 4.43. The van der Waals surface area contributed by atoms with Crippen molar-refractivity contribution < 1.29 is 8.78 Å². The molecule has 3 heteroatoms. The molecule has 92 valence electrons. The molecule has 0 N–H and O–H groups in total. The lowest BCUT2D eigenvalue weighted by atomic mass is 9.84. The Hall–Kier alpha value is -0.440. The zero-order valence-electron chi connectivity index (χ0n) is 9.50. The third kappa shape index (κ3) is 2.03. The summed E-state index contributed by atoms with van der Waals surface area (Å²) in [6, 6.07) is 4.26. The van der Waals surface area contributed by atoms with E-state index < -0.39 is 11.6 Å². The minimum atomic E-state index is -0.763. The van der Waals surface area contributed by atoms with Crippen LogP contribution in [0, 0.1) is 29.4 Å². The fourth-order valence-electron chi connectivity index (χ4n) is 3.58. The Morgan fingerprint density at radius 1 is 1.12 bits per heavy atom. The molecule has 2 fully saturated rings. The van der Waals surface area contributed by atoms with Gasteiger partial charge in [0.25, 0.3) is 0 Å². The van der Waals surface area contributed by atoms with E-state index in [0.29, 0.717) is 5.92 Å². The van der Waals surface area contributed by atoms with E-state index in [1.54, 1.807) is 6.07 Å². The second-order valence-electron chi connectivity index (χ2n) is 5.41. The van der Waals surface area contributed by atoms with Crippen LogP contribution >= 0.6 is 15.9 Å². The molecule has 0 aromatic heterocycles. The van der Waals surface area contributed by atoms with Crippen LogP contribution in [0.2, 0.25) is 0 Å². The van der Waals surface area contributed by atoms with E-state index in [-0.39, 0.29) is 4.83 Å². The molecule has 1 aromatic carbocycles. The number of fused-ring (bicyclic) bond motifs is 2. The second-order valence-corrected chi connectivity index (χ2v) is 6.40. The maximum Gasteiger partial charge on any atom is 0.159 e. The van der Waals surface area contributed by atoms with Crippen LogP contribution in [0.4, 0.5) is 8.78 Å². The highest BCUT2D eigenvalue weighted by atomic mass is 79.9. The van der Waals surface area contributed by atoms with Crippen LogP contribution in [-0.4, -0.2) is 0 Å². The topological polar surface area (TPSA) is 0 Å². The van der Waals surface area contributed by atoms with E-state index in [1.165, 1.54) is 37.8 Å². The molecule has 3 rings (SSSR count). The molecule has 0 saturated heterocycles. The molecule has 1 aromatic rings. The van der Waals surface area contributed by atoms with E-state index >= 15 is 0 Å². The van der Waals surface area contributed by atoms with E-state index in [1.807, 2.05) is 0 Å². The predicted octanol–water partition coefficient (Wildman–Crippen LogP) is 4.84. The lowest BCUT2D eigenvalue weighted by molar-refractivity contribution is 0.329. The van der Waals surface area contributed by atoms with E-state index in [4.69, 9.17) is 0 Å². The van der Waals surface area contributed by atoms with Crippen LogP contribution < -0.4 is 0 Å². The Balaban J connectivity index is 1.81. The van der Waals surface area contributed by atoms with Crippen molar-refractivity contribution in [3.8, 4) is 0 Å². The molecular weight excluding hydrogens is 286 g/mol. The van der Waals surface area contributed by atoms with Crippen molar-refractivity contribution in [1.29, 1.82) is 0 Å². The average Bonchev–Trinajstić information content (AvgIpc) is 2.93. The van der Waals surface area contributed by atoms with E-state index in [9.17, 15) is 8.78 Å². The first kappa shape index (κ1) is 11.6. The molecule has 0 radical (unpaired) electrons. The number of hydrogen-bond donors (Lipinski definition) is 0. The maximum atomic E-state index is 13.2. The average molecular weight is 301 g/mol. The summed E-state index contributed by atoms with van der Waals surface area (Å²) in [4.78, 5) is 0.174. The van der Waals surface area contributed by atoms with Gasteiger partial charge in [0.15, 0.2) is 11.6 Å². The van der Waals surface area contributed by atoms with Gasteiger partial charge in [-0.1, -0.05) is 28.4 Å². The van der Waals surface area contributed by atoms with Crippen LogP contribution in [0.1, 0.15) is 36.1 Å². The summed E-state index contributed by atoms with van der Waals surface area (Å²) in [6.45, 7) is 0. The summed E-state index contributed by atoms with van der Waals surface area (Å²) in [5.74, 6) is 0.739. The molecule has 2 bridgehead atoms. The van der Waals surface area contributed by atoms with Gasteiger partial charge in [0.05, 0.1) is 0 Å². The molecule has 0 aliphatic heterocycles. The number of benzene rings is 1. The standard InChI is InChI=1S/C14H15BrF2/c15-14(10-3-4-12(16)13(17)7-10)11-6-8-1-2-9(11)5-8/h3-4,7-9,11,14H,1-2,5-6H2. The Morgan fingerprint density at radius 3 is 2.53 bits per heavy atom. The zero-order chi connectivity index (χ0) is 12.0. The third-order valence-corrected chi connectivity index (χ3v) is 5.64. The van der Waals surface area contributed by atoms with Gasteiger partial charge in [-0.3, -0.25) is 0 Å². The van der Waals surface area contributed by atoms with Crippen LogP contribution in [0.3, 0.4) is 0 Å². The van der Waals surface area contributed by atoms with Gasteiger partial charge in [-0.25, -0.2) is 8.78 Å². The molecule has 4 atom stereocenters. The first-order valence-electron chi connectivity index (χ1n) is 6.24. The summed E-state index contributed by atoms with van der Waals surface area (Å²) in [6.07, 6.45) is 5.23. The SMILES string of the molecule is Fc1ccc(C(Br)C2CC3CCC2C3)cc1F. The highest BCUT2D eigenvalue weighted by Gasteiger charge is 2.42. The van der Waals surface area contributed by atoms with Crippen molar-refractivity contribution in [2.45, 2.75) is 30.5 Å². The fourth-order valence-corrected chi connectivity index (χ4v) is 4.52. The minimum absolute atomic E-state index is 0.174. The summed E-state index contributed by atoms with van der Waals surface area (Å²) in [5.41, 5.74) is 0.876. The van der Waals surface area contributed by atoms with Crippen molar-refractivity contribution in [3.63, 3.8) is 0 Å². The molecule has 2 aliphatic rings. The molecule has 2 saturated carbocycles. The molecule has 0 heterocycles. The summed E-state index contributed by atoms with van der Waals surface area (Å²) >= 11 is 3.68. The molecule has 0 nitrogen and oxygen atoms in total. The Morgan fingerprint density at radius 2 is 1.94 bits per heavy atom. The Bertz CT molecular complexity index is 432. The molecular formula is C14H15BrF2. The number of hydrogen-bond acceptors (Lipinski definition) is 0. The van der Waals surface area contributed by atoms with Gasteiger partial charge in [0, 0.05) is 4.83 Å². The quantitative estimate of drug-likeness (QED) is 0.686. The van der Waals surface area contributed by atoms with Gasteiger partial charge in [0.1, 0.15) is 0 Å². The number of rotatable bonds is 2. The van der Waals surface area contributed by atoms with Crippen LogP contribution in [0.5, 0.6) is 0 Å². The van der Waals surface area contributed by atoms with Gasteiger partial charge in [-0.2, -0.15) is 0 Å². The van der Waals surface area contributed by atoms with Crippen LogP contribution in [-0.2, 0) is 0 Å². The Labute approximate surface area is 109 Å². The van der Waals surface area contributed by atoms with E-state index in [0.717, 1.165) is 17.4 Å². The lowest BCUT2D eigenvalue weighted by Crippen LogP contribution is -2.15. The highest BCUT2D eigenvalue weighted by molar-refractivity contribution is 9.09. The number of alkyl halides is 1. The van der Waals surface area contributed by atoms with Crippen LogP contribution in [0.15, 0.2) is 18.2 Å². The van der Waals surface area contributed by atoms with Crippen molar-refractivity contribution >= 4 is 15.9 Å². The monoisotopic (exact) mass is 300 g/mol. The number of halogens is 3. The first-order chi connectivity index (χ1) is 8.15. The van der Waals surface area contributed by atoms with E-state index in [2.05, 4.69) is 15.9 Å². The summed E-state index contributed by atoms with van der Waals surface area (Å²) < 4.78 is 26.1. The fraction of sp³-hybridized carbons (Fsp3) is 0.571. The molecule has 0 amide bonds. The van der Waals surface area contributed by atoms with Gasteiger partial charge in [-0.15, -0.1) is 0 Å². The van der Waals surface area contributed by atoms with Crippen molar-refractivity contribution in [3.05, 3.63) is 35.4 Å². The second kappa shape index (κ2) is 4.34. The first-order valence-corrected chi connectivity index (χ1v) is 7.15. The summed E-state index contributed by atoms with van der Waals surface area (Å²) in [7, 11) is 0. The minimum Gasteiger partial charge on any atom is -0.204 e. The largest absolute Gasteiger partial charge is 0.204 e.